The third-order valence-electron chi connectivity index (χ3n) is 6.34. The molecular formula is C24H33N7O. The third-order valence-corrected chi connectivity index (χ3v) is 6.34. The summed E-state index contributed by atoms with van der Waals surface area (Å²) in [6.07, 6.45) is 1.67. The molecule has 1 fully saturated rings. The maximum Gasteiger partial charge on any atom is 0.223 e. The SMILES string of the molecule is CCN(CC)CCNC(=O)C1CCN(c2ccc3nnc(-c4cccc(C)c4)n3n2)CC1. The van der Waals surface area contributed by atoms with Crippen LogP contribution in [0.25, 0.3) is 17.0 Å². The number of aromatic nitrogens is 4. The van der Waals surface area contributed by atoms with Crippen molar-refractivity contribution in [1.29, 1.82) is 0 Å². The number of carbonyl (C=O) groups excluding carboxylic acids is 1. The van der Waals surface area contributed by atoms with Crippen LogP contribution in [0.15, 0.2) is 36.4 Å². The maximum atomic E-state index is 12.6. The van der Waals surface area contributed by atoms with Crippen LogP contribution >= 0.6 is 0 Å². The zero-order chi connectivity index (χ0) is 22.5. The lowest BCUT2D eigenvalue weighted by Crippen LogP contribution is -2.43. The molecule has 4 rings (SSSR count). The molecule has 8 nitrogen and oxygen atoms in total. The molecule has 1 amide bonds. The van der Waals surface area contributed by atoms with Crippen molar-refractivity contribution < 1.29 is 4.79 Å². The average Bonchev–Trinajstić information content (AvgIpc) is 3.25. The van der Waals surface area contributed by atoms with E-state index in [1.807, 2.05) is 28.8 Å². The summed E-state index contributed by atoms with van der Waals surface area (Å²) in [5.74, 6) is 1.89. The van der Waals surface area contributed by atoms with Gasteiger partial charge in [0.2, 0.25) is 5.91 Å². The van der Waals surface area contributed by atoms with E-state index < -0.39 is 0 Å². The maximum absolute atomic E-state index is 12.6. The molecule has 0 radical (unpaired) electrons. The molecule has 1 aromatic carbocycles. The van der Waals surface area contributed by atoms with Crippen molar-refractivity contribution in [3.05, 3.63) is 42.0 Å². The first kappa shape index (κ1) is 22.2. The van der Waals surface area contributed by atoms with E-state index in [-0.39, 0.29) is 11.8 Å². The van der Waals surface area contributed by atoms with Crippen LogP contribution < -0.4 is 10.2 Å². The monoisotopic (exact) mass is 435 g/mol. The second-order valence-electron chi connectivity index (χ2n) is 8.43. The van der Waals surface area contributed by atoms with Crippen LogP contribution in [0.3, 0.4) is 0 Å². The number of amides is 1. The van der Waals surface area contributed by atoms with Gasteiger partial charge in [-0.1, -0.05) is 37.6 Å². The van der Waals surface area contributed by atoms with Gasteiger partial charge in [-0.3, -0.25) is 4.79 Å². The summed E-state index contributed by atoms with van der Waals surface area (Å²) in [4.78, 5) is 17.2. The Hall–Kier alpha value is -3.00. The number of benzene rings is 1. The van der Waals surface area contributed by atoms with E-state index in [0.717, 1.165) is 68.4 Å². The van der Waals surface area contributed by atoms with Gasteiger partial charge in [-0.2, -0.15) is 4.52 Å². The Morgan fingerprint density at radius 1 is 1.12 bits per heavy atom. The minimum atomic E-state index is 0.0736. The minimum absolute atomic E-state index is 0.0736. The number of hydrogen-bond donors (Lipinski definition) is 1. The molecule has 0 unspecified atom stereocenters. The highest BCUT2D eigenvalue weighted by Gasteiger charge is 2.26. The van der Waals surface area contributed by atoms with Gasteiger partial charge in [-0.05, 0) is 51.1 Å². The summed E-state index contributed by atoms with van der Waals surface area (Å²) >= 11 is 0. The predicted octanol–water partition coefficient (Wildman–Crippen LogP) is 2.77. The van der Waals surface area contributed by atoms with Crippen LogP contribution in [0.5, 0.6) is 0 Å². The minimum Gasteiger partial charge on any atom is -0.355 e. The highest BCUT2D eigenvalue weighted by molar-refractivity contribution is 5.79. The molecule has 32 heavy (non-hydrogen) atoms. The Labute approximate surface area is 189 Å². The van der Waals surface area contributed by atoms with Gasteiger partial charge in [-0.15, -0.1) is 15.3 Å². The Morgan fingerprint density at radius 3 is 2.62 bits per heavy atom. The van der Waals surface area contributed by atoms with Crippen molar-refractivity contribution in [2.24, 2.45) is 5.92 Å². The summed E-state index contributed by atoms with van der Waals surface area (Å²) in [6, 6.07) is 12.2. The Bertz CT molecular complexity index is 1050. The van der Waals surface area contributed by atoms with Gasteiger partial charge in [0.25, 0.3) is 0 Å². The molecule has 0 saturated carbocycles. The number of nitrogens with zero attached hydrogens (tertiary/aromatic N) is 6. The van der Waals surface area contributed by atoms with Gasteiger partial charge in [-0.25, -0.2) is 0 Å². The van der Waals surface area contributed by atoms with Crippen molar-refractivity contribution in [1.82, 2.24) is 30.0 Å². The first-order chi connectivity index (χ1) is 15.6. The van der Waals surface area contributed by atoms with Crippen molar-refractivity contribution in [2.45, 2.75) is 33.6 Å². The summed E-state index contributed by atoms with van der Waals surface area (Å²) in [5, 5.41) is 16.6. The van der Waals surface area contributed by atoms with E-state index in [1.165, 1.54) is 5.56 Å². The Balaban J connectivity index is 1.39. The molecule has 0 spiro atoms. The van der Waals surface area contributed by atoms with E-state index in [4.69, 9.17) is 5.10 Å². The summed E-state index contributed by atoms with van der Waals surface area (Å²) in [6.45, 7) is 11.6. The molecule has 0 bridgehead atoms. The van der Waals surface area contributed by atoms with E-state index >= 15 is 0 Å². The zero-order valence-corrected chi connectivity index (χ0v) is 19.3. The molecule has 1 aliphatic heterocycles. The lowest BCUT2D eigenvalue weighted by molar-refractivity contribution is -0.125. The van der Waals surface area contributed by atoms with E-state index in [2.05, 4.69) is 58.2 Å². The van der Waals surface area contributed by atoms with Crippen molar-refractivity contribution >= 4 is 17.4 Å². The fraction of sp³-hybridized carbons (Fsp3) is 0.500. The number of anilines is 1. The Kier molecular flexibility index (Phi) is 6.99. The van der Waals surface area contributed by atoms with Crippen molar-refractivity contribution in [3.8, 4) is 11.4 Å². The molecular weight excluding hydrogens is 402 g/mol. The van der Waals surface area contributed by atoms with E-state index in [1.54, 1.807) is 0 Å². The van der Waals surface area contributed by atoms with Gasteiger partial charge in [0, 0.05) is 37.7 Å². The first-order valence-corrected chi connectivity index (χ1v) is 11.6. The fourth-order valence-electron chi connectivity index (χ4n) is 4.30. The molecule has 0 atom stereocenters. The standard InChI is InChI=1S/C24H33N7O/c1-4-29(5-2)16-13-25-24(32)19-11-14-30(15-12-19)22-10-9-21-26-27-23(31(21)28-22)20-8-6-7-18(3)17-20/h6-10,17,19H,4-5,11-16H2,1-3H3,(H,25,32). The quantitative estimate of drug-likeness (QED) is 0.586. The molecule has 0 aliphatic carbocycles. The smallest absolute Gasteiger partial charge is 0.223 e. The molecule has 2 aromatic heterocycles. The number of piperidine rings is 1. The summed E-state index contributed by atoms with van der Waals surface area (Å²) in [7, 11) is 0. The molecule has 1 N–H and O–H groups in total. The van der Waals surface area contributed by atoms with Crippen LogP contribution in [0.2, 0.25) is 0 Å². The van der Waals surface area contributed by atoms with Crippen LogP contribution in [0.4, 0.5) is 5.82 Å². The molecule has 3 heterocycles. The summed E-state index contributed by atoms with van der Waals surface area (Å²) in [5.41, 5.74) is 2.91. The zero-order valence-electron chi connectivity index (χ0n) is 19.3. The fourth-order valence-corrected chi connectivity index (χ4v) is 4.30. The van der Waals surface area contributed by atoms with Gasteiger partial charge in [0.1, 0.15) is 5.82 Å². The van der Waals surface area contributed by atoms with Gasteiger partial charge < -0.3 is 15.1 Å². The second-order valence-corrected chi connectivity index (χ2v) is 8.43. The average molecular weight is 436 g/mol. The highest BCUT2D eigenvalue weighted by atomic mass is 16.1. The summed E-state index contributed by atoms with van der Waals surface area (Å²) < 4.78 is 1.82. The van der Waals surface area contributed by atoms with Gasteiger partial charge in [0.05, 0.1) is 0 Å². The predicted molar refractivity (Wildman–Crippen MR) is 127 cm³/mol. The highest BCUT2D eigenvalue weighted by Crippen LogP contribution is 2.24. The number of aryl methyl sites for hydroxylation is 1. The molecule has 3 aromatic rings. The Morgan fingerprint density at radius 2 is 1.91 bits per heavy atom. The number of carbonyl (C=O) groups is 1. The third kappa shape index (κ3) is 4.91. The topological polar surface area (TPSA) is 78.7 Å². The number of fused-ring (bicyclic) bond motifs is 1. The lowest BCUT2D eigenvalue weighted by Gasteiger charge is -2.32. The lowest BCUT2D eigenvalue weighted by atomic mass is 9.96. The van der Waals surface area contributed by atoms with E-state index in [0.29, 0.717) is 6.54 Å². The van der Waals surface area contributed by atoms with Crippen molar-refractivity contribution in [2.75, 3.05) is 44.2 Å². The number of hydrogen-bond acceptors (Lipinski definition) is 6. The first-order valence-electron chi connectivity index (χ1n) is 11.6. The van der Waals surface area contributed by atoms with Gasteiger partial charge >= 0.3 is 0 Å². The molecule has 1 saturated heterocycles. The van der Waals surface area contributed by atoms with Gasteiger partial charge in [0.15, 0.2) is 11.5 Å². The number of nitrogens with one attached hydrogen (secondary N) is 1. The van der Waals surface area contributed by atoms with Crippen LogP contribution in [0, 0.1) is 12.8 Å². The second kappa shape index (κ2) is 10.1. The molecule has 8 heteroatoms. The van der Waals surface area contributed by atoms with Crippen LogP contribution in [-0.2, 0) is 4.79 Å². The normalized spacial score (nSPS) is 14.9. The molecule has 1 aliphatic rings. The van der Waals surface area contributed by atoms with Crippen molar-refractivity contribution in [3.63, 3.8) is 0 Å². The largest absolute Gasteiger partial charge is 0.355 e. The van der Waals surface area contributed by atoms with Crippen LogP contribution in [-0.4, -0.2) is 69.9 Å². The van der Waals surface area contributed by atoms with Crippen LogP contribution in [0.1, 0.15) is 32.3 Å². The number of rotatable bonds is 8. The number of likely N-dealkylation sites (N-methyl/N-ethyl adjacent to an activating group) is 1. The molecule has 170 valence electrons. The van der Waals surface area contributed by atoms with E-state index in [9.17, 15) is 4.79 Å².